The lowest BCUT2D eigenvalue weighted by Gasteiger charge is -2.21. The minimum Gasteiger partial charge on any atom is -0.381 e. The van der Waals surface area contributed by atoms with E-state index >= 15 is 0 Å². The molecule has 4 rings (SSSR count). The highest BCUT2D eigenvalue weighted by Gasteiger charge is 2.24. The second kappa shape index (κ2) is 8.50. The Morgan fingerprint density at radius 1 is 1.24 bits per heavy atom. The maximum absolute atomic E-state index is 8.93. The molecule has 0 unspecified atom stereocenters. The fraction of sp³-hybridized carbons (Fsp3) is 0.333. The van der Waals surface area contributed by atoms with Crippen molar-refractivity contribution in [1.82, 2.24) is 4.98 Å². The van der Waals surface area contributed by atoms with Crippen LogP contribution in [0.2, 0.25) is 0 Å². The van der Waals surface area contributed by atoms with Gasteiger partial charge in [0, 0.05) is 49.2 Å². The topological polar surface area (TPSA) is 61.2 Å². The molecule has 29 heavy (non-hydrogen) atoms. The molecule has 1 saturated heterocycles. The van der Waals surface area contributed by atoms with E-state index in [4.69, 9.17) is 10.00 Å². The first-order valence-electron chi connectivity index (χ1n) is 10.2. The molecular formula is C24H26N4O. The summed E-state index contributed by atoms with van der Waals surface area (Å²) in [5.41, 5.74) is 6.40. The fourth-order valence-electron chi connectivity index (χ4n) is 3.97. The van der Waals surface area contributed by atoms with Crippen molar-refractivity contribution in [2.24, 2.45) is 0 Å². The minimum atomic E-state index is 0.320. The number of nitrogens with one attached hydrogen (secondary N) is 1. The van der Waals surface area contributed by atoms with Gasteiger partial charge in [-0.05, 0) is 73.9 Å². The Bertz CT molecular complexity index is 1040. The number of rotatable bonds is 6. The summed E-state index contributed by atoms with van der Waals surface area (Å²) in [6.07, 6.45) is 3.29. The second-order valence-electron chi connectivity index (χ2n) is 7.48. The number of nitriles is 1. The van der Waals surface area contributed by atoms with Gasteiger partial charge in [-0.25, -0.2) is 0 Å². The van der Waals surface area contributed by atoms with E-state index < -0.39 is 0 Å². The van der Waals surface area contributed by atoms with Gasteiger partial charge in [0.1, 0.15) is 0 Å². The third-order valence-electron chi connectivity index (χ3n) is 5.56. The molecule has 0 radical (unpaired) electrons. The predicted molar refractivity (Wildman–Crippen MR) is 117 cm³/mol. The molecule has 2 heterocycles. The summed E-state index contributed by atoms with van der Waals surface area (Å²) in [7, 11) is 0. The third kappa shape index (κ3) is 4.18. The maximum Gasteiger partial charge on any atom is 0.0991 e. The lowest BCUT2D eigenvalue weighted by atomic mass is 10.0. The summed E-state index contributed by atoms with van der Waals surface area (Å²) in [5, 5.41) is 13.6. The molecule has 0 aliphatic carbocycles. The maximum atomic E-state index is 8.93. The zero-order chi connectivity index (χ0) is 20.2. The van der Waals surface area contributed by atoms with Gasteiger partial charge in [-0.2, -0.15) is 5.26 Å². The smallest absolute Gasteiger partial charge is 0.0991 e. The summed E-state index contributed by atoms with van der Waals surface area (Å²) < 4.78 is 5.81. The van der Waals surface area contributed by atoms with Gasteiger partial charge in [-0.1, -0.05) is 0 Å². The molecule has 1 fully saturated rings. The van der Waals surface area contributed by atoms with Crippen molar-refractivity contribution in [3.8, 4) is 6.07 Å². The van der Waals surface area contributed by atoms with Gasteiger partial charge in [-0.3, -0.25) is 4.98 Å². The molecule has 2 aromatic carbocycles. The molecule has 0 saturated carbocycles. The average Bonchev–Trinajstić information content (AvgIpc) is 3.21. The van der Waals surface area contributed by atoms with Gasteiger partial charge in [0.15, 0.2) is 0 Å². The van der Waals surface area contributed by atoms with Crippen molar-refractivity contribution in [3.05, 3.63) is 65.4 Å². The average molecular weight is 386 g/mol. The standard InChI is InChI=1S/C24H26N4O/c1-3-29-21-9-11-28(16-21)24-8-10-26-23-13-19(17(2)12-22(23)24)15-27-20-6-4-18(14-25)5-7-20/h4-8,10,12-13,21,27H,3,9,11,15-16H2,1-2H3/t21-/m0/s1. The number of hydrogen-bond donors (Lipinski definition) is 1. The van der Waals surface area contributed by atoms with Crippen molar-refractivity contribution in [3.63, 3.8) is 0 Å². The Balaban J connectivity index is 1.55. The summed E-state index contributed by atoms with van der Waals surface area (Å²) in [6, 6.07) is 16.2. The molecule has 1 N–H and O–H groups in total. The highest BCUT2D eigenvalue weighted by Crippen LogP contribution is 2.31. The monoisotopic (exact) mass is 386 g/mol. The van der Waals surface area contributed by atoms with Crippen LogP contribution in [0.5, 0.6) is 0 Å². The van der Waals surface area contributed by atoms with Crippen molar-refractivity contribution < 1.29 is 4.74 Å². The highest BCUT2D eigenvalue weighted by atomic mass is 16.5. The number of benzene rings is 2. The van der Waals surface area contributed by atoms with Crippen molar-refractivity contribution >= 4 is 22.3 Å². The Morgan fingerprint density at radius 3 is 2.83 bits per heavy atom. The van der Waals surface area contributed by atoms with Crippen molar-refractivity contribution in [2.45, 2.75) is 32.9 Å². The number of anilines is 2. The van der Waals surface area contributed by atoms with E-state index in [0.717, 1.165) is 43.9 Å². The number of pyridine rings is 1. The first-order chi connectivity index (χ1) is 14.2. The predicted octanol–water partition coefficient (Wildman–Crippen LogP) is 4.64. The van der Waals surface area contributed by atoms with Crippen LogP contribution in [0.3, 0.4) is 0 Å². The van der Waals surface area contributed by atoms with Gasteiger partial charge in [0.05, 0.1) is 23.3 Å². The molecule has 0 bridgehead atoms. The number of fused-ring (bicyclic) bond motifs is 1. The Kier molecular flexibility index (Phi) is 5.64. The summed E-state index contributed by atoms with van der Waals surface area (Å²) in [6.45, 7) is 7.65. The SMILES string of the molecule is CCO[C@H]1CCN(c2ccnc3cc(CNc4ccc(C#N)cc4)c(C)cc23)C1. The van der Waals surface area contributed by atoms with Gasteiger partial charge in [0.25, 0.3) is 0 Å². The number of aryl methyl sites for hydroxylation is 1. The molecule has 148 valence electrons. The van der Waals surface area contributed by atoms with Crippen LogP contribution in [0, 0.1) is 18.3 Å². The molecule has 5 nitrogen and oxygen atoms in total. The number of ether oxygens (including phenoxy) is 1. The number of hydrogen-bond acceptors (Lipinski definition) is 5. The lowest BCUT2D eigenvalue weighted by molar-refractivity contribution is 0.0788. The normalized spacial score (nSPS) is 16.2. The number of aromatic nitrogens is 1. The molecule has 5 heteroatoms. The van der Waals surface area contributed by atoms with Crippen LogP contribution in [0.25, 0.3) is 10.9 Å². The summed E-state index contributed by atoms with van der Waals surface area (Å²) in [5.74, 6) is 0. The highest BCUT2D eigenvalue weighted by molar-refractivity contribution is 5.92. The minimum absolute atomic E-state index is 0.320. The molecular weight excluding hydrogens is 360 g/mol. The van der Waals surface area contributed by atoms with Crippen LogP contribution in [-0.2, 0) is 11.3 Å². The molecule has 1 aromatic heterocycles. The van der Waals surface area contributed by atoms with E-state index in [2.05, 4.69) is 53.3 Å². The quantitative estimate of drug-likeness (QED) is 0.669. The molecule has 3 aromatic rings. The lowest BCUT2D eigenvalue weighted by Crippen LogP contribution is -2.23. The Hall–Kier alpha value is -3.10. The second-order valence-corrected chi connectivity index (χ2v) is 7.48. The van der Waals surface area contributed by atoms with Gasteiger partial charge in [0.2, 0.25) is 0 Å². The van der Waals surface area contributed by atoms with E-state index in [-0.39, 0.29) is 0 Å². The van der Waals surface area contributed by atoms with Crippen LogP contribution in [0.1, 0.15) is 30.0 Å². The Labute approximate surface area is 171 Å². The number of nitrogens with zero attached hydrogens (tertiary/aromatic N) is 3. The van der Waals surface area contributed by atoms with Crippen LogP contribution >= 0.6 is 0 Å². The largest absolute Gasteiger partial charge is 0.381 e. The Morgan fingerprint density at radius 2 is 2.07 bits per heavy atom. The summed E-state index contributed by atoms with van der Waals surface area (Å²) in [4.78, 5) is 7.04. The zero-order valence-corrected chi connectivity index (χ0v) is 17.0. The summed E-state index contributed by atoms with van der Waals surface area (Å²) >= 11 is 0. The van der Waals surface area contributed by atoms with Gasteiger partial charge < -0.3 is 15.0 Å². The molecule has 0 amide bonds. The van der Waals surface area contributed by atoms with E-state index in [0.29, 0.717) is 11.7 Å². The van der Waals surface area contributed by atoms with E-state index in [1.807, 2.05) is 30.5 Å². The van der Waals surface area contributed by atoms with Gasteiger partial charge >= 0.3 is 0 Å². The molecule has 1 aliphatic rings. The van der Waals surface area contributed by atoms with Crippen LogP contribution in [0.15, 0.2) is 48.7 Å². The van der Waals surface area contributed by atoms with Gasteiger partial charge in [-0.15, -0.1) is 0 Å². The molecule has 1 aliphatic heterocycles. The first kappa shape index (κ1) is 19.2. The van der Waals surface area contributed by atoms with Crippen LogP contribution in [-0.4, -0.2) is 30.8 Å². The molecule has 1 atom stereocenters. The van der Waals surface area contributed by atoms with Crippen LogP contribution in [0.4, 0.5) is 11.4 Å². The van der Waals surface area contributed by atoms with Crippen molar-refractivity contribution in [1.29, 1.82) is 5.26 Å². The van der Waals surface area contributed by atoms with Crippen LogP contribution < -0.4 is 10.2 Å². The van der Waals surface area contributed by atoms with E-state index in [1.165, 1.54) is 22.2 Å². The van der Waals surface area contributed by atoms with E-state index in [1.54, 1.807) is 0 Å². The fourth-order valence-corrected chi connectivity index (χ4v) is 3.97. The van der Waals surface area contributed by atoms with Crippen molar-refractivity contribution in [2.75, 3.05) is 29.9 Å². The third-order valence-corrected chi connectivity index (χ3v) is 5.56. The van der Waals surface area contributed by atoms with E-state index in [9.17, 15) is 0 Å². The zero-order valence-electron chi connectivity index (χ0n) is 17.0. The first-order valence-corrected chi connectivity index (χ1v) is 10.2. The molecule has 0 spiro atoms.